The SMILES string of the molecule is CCCOC(=O)C1=C(C)N=C2CC(C)(C)CC(=O)[C@H]2[C@H]1c1ccccc1C(F)(F)F. The number of halogens is 3. The number of nitrogens with zero attached hydrogens (tertiary/aromatic N) is 1. The number of aliphatic imine (C=N–C) groups is 1. The minimum atomic E-state index is -4.62. The first-order valence-electron chi connectivity index (χ1n) is 10.1. The molecule has 0 N–H and O–H groups in total. The maximum atomic E-state index is 13.8. The van der Waals surface area contributed by atoms with Crippen LogP contribution in [-0.4, -0.2) is 24.1 Å². The molecular weight excluding hydrogens is 395 g/mol. The van der Waals surface area contributed by atoms with Gasteiger partial charge in [-0.2, -0.15) is 13.2 Å². The van der Waals surface area contributed by atoms with Gasteiger partial charge in [0.15, 0.2) is 0 Å². The molecule has 1 saturated carbocycles. The highest BCUT2D eigenvalue weighted by atomic mass is 19.4. The van der Waals surface area contributed by atoms with E-state index in [2.05, 4.69) is 4.99 Å². The van der Waals surface area contributed by atoms with Gasteiger partial charge < -0.3 is 4.74 Å². The van der Waals surface area contributed by atoms with Crippen molar-refractivity contribution in [1.82, 2.24) is 0 Å². The molecule has 1 heterocycles. The van der Waals surface area contributed by atoms with Crippen LogP contribution in [0.2, 0.25) is 0 Å². The summed E-state index contributed by atoms with van der Waals surface area (Å²) in [4.78, 5) is 30.5. The highest BCUT2D eigenvalue weighted by Crippen LogP contribution is 2.49. The van der Waals surface area contributed by atoms with Gasteiger partial charge in [0.25, 0.3) is 0 Å². The number of carbonyl (C=O) groups is 2. The lowest BCUT2D eigenvalue weighted by Crippen LogP contribution is -2.44. The molecule has 0 spiro atoms. The predicted molar refractivity (Wildman–Crippen MR) is 107 cm³/mol. The molecule has 30 heavy (non-hydrogen) atoms. The van der Waals surface area contributed by atoms with Crippen molar-refractivity contribution in [1.29, 1.82) is 0 Å². The number of benzene rings is 1. The lowest BCUT2D eigenvalue weighted by molar-refractivity contribution is -0.141. The van der Waals surface area contributed by atoms with Crippen LogP contribution in [-0.2, 0) is 20.5 Å². The Morgan fingerprint density at radius 3 is 2.50 bits per heavy atom. The molecule has 1 aliphatic carbocycles. The van der Waals surface area contributed by atoms with Crippen molar-refractivity contribution in [2.24, 2.45) is 16.3 Å². The molecule has 0 amide bonds. The van der Waals surface area contributed by atoms with Crippen molar-refractivity contribution >= 4 is 17.5 Å². The molecule has 1 fully saturated rings. The van der Waals surface area contributed by atoms with Gasteiger partial charge in [-0.1, -0.05) is 39.0 Å². The number of Topliss-reactive ketones (excluding diaryl/α,β-unsaturated/α-hetero) is 1. The Balaban J connectivity index is 2.23. The van der Waals surface area contributed by atoms with Crippen LogP contribution in [0, 0.1) is 11.3 Å². The highest BCUT2D eigenvalue weighted by Gasteiger charge is 2.49. The lowest BCUT2D eigenvalue weighted by atomic mass is 9.63. The van der Waals surface area contributed by atoms with Crippen LogP contribution < -0.4 is 0 Å². The number of esters is 1. The summed E-state index contributed by atoms with van der Waals surface area (Å²) in [7, 11) is 0. The Labute approximate surface area is 174 Å². The maximum absolute atomic E-state index is 13.8. The zero-order chi connectivity index (χ0) is 22.3. The quantitative estimate of drug-likeness (QED) is 0.605. The van der Waals surface area contributed by atoms with Crippen molar-refractivity contribution in [2.45, 2.75) is 59.1 Å². The van der Waals surface area contributed by atoms with E-state index in [0.717, 1.165) is 6.07 Å². The van der Waals surface area contributed by atoms with Crippen LogP contribution in [0.15, 0.2) is 40.5 Å². The third-order valence-electron chi connectivity index (χ3n) is 5.62. The van der Waals surface area contributed by atoms with E-state index in [1.807, 2.05) is 20.8 Å². The first-order valence-corrected chi connectivity index (χ1v) is 10.1. The van der Waals surface area contributed by atoms with E-state index in [0.29, 0.717) is 24.3 Å². The van der Waals surface area contributed by atoms with Crippen molar-refractivity contribution in [3.8, 4) is 0 Å². The number of hydrogen-bond donors (Lipinski definition) is 0. The van der Waals surface area contributed by atoms with Crippen molar-refractivity contribution in [3.63, 3.8) is 0 Å². The second-order valence-corrected chi connectivity index (χ2v) is 8.76. The fourth-order valence-electron chi connectivity index (χ4n) is 4.49. The third-order valence-corrected chi connectivity index (χ3v) is 5.62. The highest BCUT2D eigenvalue weighted by molar-refractivity contribution is 6.12. The van der Waals surface area contributed by atoms with E-state index >= 15 is 0 Å². The monoisotopic (exact) mass is 421 g/mol. The van der Waals surface area contributed by atoms with Gasteiger partial charge in [-0.05, 0) is 36.8 Å². The van der Waals surface area contributed by atoms with Gasteiger partial charge in [0.05, 0.1) is 23.7 Å². The van der Waals surface area contributed by atoms with E-state index in [1.165, 1.54) is 18.2 Å². The van der Waals surface area contributed by atoms with E-state index in [-0.39, 0.29) is 35.4 Å². The molecule has 0 radical (unpaired) electrons. The normalized spacial score (nSPS) is 23.7. The van der Waals surface area contributed by atoms with Gasteiger partial charge in [0, 0.05) is 23.7 Å². The number of hydrogen-bond acceptors (Lipinski definition) is 4. The number of alkyl halides is 3. The van der Waals surface area contributed by atoms with Crippen LogP contribution in [0.3, 0.4) is 0 Å². The van der Waals surface area contributed by atoms with Crippen LogP contribution in [0.1, 0.15) is 64.0 Å². The molecule has 0 aromatic heterocycles. The molecular formula is C23H26F3NO3. The molecule has 4 nitrogen and oxygen atoms in total. The molecule has 162 valence electrons. The minimum absolute atomic E-state index is 0.0435. The Hall–Kier alpha value is -2.44. The van der Waals surface area contributed by atoms with Crippen LogP contribution in [0.25, 0.3) is 0 Å². The van der Waals surface area contributed by atoms with E-state index < -0.39 is 29.5 Å². The smallest absolute Gasteiger partial charge is 0.416 e. The number of allylic oxidation sites excluding steroid dienone is 1. The Bertz CT molecular complexity index is 928. The second-order valence-electron chi connectivity index (χ2n) is 8.76. The molecule has 0 bridgehead atoms. The summed E-state index contributed by atoms with van der Waals surface area (Å²) < 4.78 is 46.8. The number of fused-ring (bicyclic) bond motifs is 1. The largest absolute Gasteiger partial charge is 0.462 e. The molecule has 2 atom stereocenters. The maximum Gasteiger partial charge on any atom is 0.416 e. The number of rotatable bonds is 4. The minimum Gasteiger partial charge on any atom is -0.462 e. The zero-order valence-electron chi connectivity index (χ0n) is 17.6. The van der Waals surface area contributed by atoms with E-state index in [1.54, 1.807) is 6.92 Å². The van der Waals surface area contributed by atoms with Crippen molar-refractivity contribution < 1.29 is 27.5 Å². The van der Waals surface area contributed by atoms with Gasteiger partial charge in [-0.15, -0.1) is 0 Å². The fraction of sp³-hybridized carbons (Fsp3) is 0.522. The standard InChI is InChI=1S/C23H26F3NO3/c1-5-10-30-21(29)18-13(2)27-16-11-22(3,4)12-17(28)20(16)19(18)14-8-6-7-9-15(14)23(24,25)26/h6-9,19-20H,5,10-12H2,1-4H3/t19-,20-/m0/s1. The van der Waals surface area contributed by atoms with Crippen molar-refractivity contribution in [3.05, 3.63) is 46.7 Å². The third kappa shape index (κ3) is 4.20. The molecule has 0 unspecified atom stereocenters. The molecule has 7 heteroatoms. The number of ether oxygens (including phenoxy) is 1. The fourth-order valence-corrected chi connectivity index (χ4v) is 4.49. The molecule has 3 rings (SSSR count). The van der Waals surface area contributed by atoms with Crippen LogP contribution in [0.5, 0.6) is 0 Å². The summed E-state index contributed by atoms with van der Waals surface area (Å²) in [5, 5.41) is 0. The summed E-state index contributed by atoms with van der Waals surface area (Å²) in [6.07, 6.45) is -3.33. The molecule has 1 aliphatic heterocycles. The molecule has 1 aromatic rings. The first-order chi connectivity index (χ1) is 14.0. The van der Waals surface area contributed by atoms with Gasteiger partial charge in [0.2, 0.25) is 0 Å². The Kier molecular flexibility index (Phi) is 5.94. The number of carbonyl (C=O) groups excluding carboxylic acids is 2. The summed E-state index contributed by atoms with van der Waals surface area (Å²) in [5.41, 5.74) is -0.360. The van der Waals surface area contributed by atoms with Gasteiger partial charge in [0.1, 0.15) is 5.78 Å². The summed E-state index contributed by atoms with van der Waals surface area (Å²) in [5.74, 6) is -2.87. The number of ketones is 1. The summed E-state index contributed by atoms with van der Waals surface area (Å²) in [6.45, 7) is 7.44. The van der Waals surface area contributed by atoms with Crippen LogP contribution in [0.4, 0.5) is 13.2 Å². The van der Waals surface area contributed by atoms with Gasteiger partial charge in [-0.3, -0.25) is 9.79 Å². The molecule has 1 aromatic carbocycles. The zero-order valence-corrected chi connectivity index (χ0v) is 17.6. The summed E-state index contributed by atoms with van der Waals surface area (Å²) >= 11 is 0. The lowest BCUT2D eigenvalue weighted by Gasteiger charge is -2.41. The Morgan fingerprint density at radius 2 is 1.87 bits per heavy atom. The molecule has 0 saturated heterocycles. The average molecular weight is 421 g/mol. The van der Waals surface area contributed by atoms with Crippen molar-refractivity contribution in [2.75, 3.05) is 6.61 Å². The first kappa shape index (κ1) is 22.2. The Morgan fingerprint density at radius 1 is 1.20 bits per heavy atom. The topological polar surface area (TPSA) is 55.7 Å². The van der Waals surface area contributed by atoms with E-state index in [4.69, 9.17) is 4.74 Å². The average Bonchev–Trinajstić information content (AvgIpc) is 2.63. The van der Waals surface area contributed by atoms with Gasteiger partial charge in [-0.25, -0.2) is 4.79 Å². The second kappa shape index (κ2) is 8.00. The van der Waals surface area contributed by atoms with Crippen LogP contribution >= 0.6 is 0 Å². The van der Waals surface area contributed by atoms with Gasteiger partial charge >= 0.3 is 12.1 Å². The summed E-state index contributed by atoms with van der Waals surface area (Å²) in [6, 6.07) is 5.14. The van der Waals surface area contributed by atoms with E-state index in [9.17, 15) is 22.8 Å². The predicted octanol–water partition coefficient (Wildman–Crippen LogP) is 5.48. The molecule has 2 aliphatic rings.